The first-order chi connectivity index (χ1) is 11.2. The van der Waals surface area contributed by atoms with Gasteiger partial charge in [-0.25, -0.2) is 5.84 Å². The number of halogens is 1. The van der Waals surface area contributed by atoms with Crippen molar-refractivity contribution in [2.75, 3.05) is 0 Å². The molecule has 116 valence electrons. The van der Waals surface area contributed by atoms with Crippen LogP contribution in [0.2, 0.25) is 5.02 Å². The van der Waals surface area contributed by atoms with Gasteiger partial charge in [-0.15, -0.1) is 0 Å². The van der Waals surface area contributed by atoms with E-state index in [0.29, 0.717) is 17.1 Å². The van der Waals surface area contributed by atoms with Crippen molar-refractivity contribution >= 4 is 17.5 Å². The van der Waals surface area contributed by atoms with Crippen LogP contribution in [0.1, 0.15) is 15.9 Å². The van der Waals surface area contributed by atoms with Gasteiger partial charge in [-0.1, -0.05) is 23.7 Å². The third kappa shape index (κ3) is 3.41. The maximum Gasteiger partial charge on any atom is 0.267 e. The molecule has 23 heavy (non-hydrogen) atoms. The third-order valence-corrected chi connectivity index (χ3v) is 3.78. The fourth-order valence-electron chi connectivity index (χ4n) is 2.42. The third-order valence-electron chi connectivity index (χ3n) is 3.53. The minimum absolute atomic E-state index is 0.327. The molecule has 0 aliphatic heterocycles. The van der Waals surface area contributed by atoms with E-state index < -0.39 is 0 Å². The number of nitrogens with zero attached hydrogens (tertiary/aromatic N) is 2. The van der Waals surface area contributed by atoms with E-state index in [1.807, 2.05) is 47.2 Å². The molecule has 0 saturated carbocycles. The highest BCUT2D eigenvalue weighted by Gasteiger charge is 2.15. The van der Waals surface area contributed by atoms with Crippen LogP contribution < -0.4 is 11.3 Å². The van der Waals surface area contributed by atoms with Gasteiger partial charge >= 0.3 is 0 Å². The molecule has 0 unspecified atom stereocenters. The lowest BCUT2D eigenvalue weighted by Crippen LogP contribution is -2.30. The average molecular weight is 327 g/mol. The lowest BCUT2D eigenvalue weighted by molar-refractivity contribution is 0.0954. The summed E-state index contributed by atoms with van der Waals surface area (Å²) in [6.45, 7) is 0.632. The first kappa shape index (κ1) is 15.3. The number of rotatable bonds is 4. The number of pyridine rings is 1. The Kier molecular flexibility index (Phi) is 4.41. The van der Waals surface area contributed by atoms with E-state index in [2.05, 4.69) is 10.4 Å². The molecule has 1 amide bonds. The highest BCUT2D eigenvalue weighted by molar-refractivity contribution is 6.30. The van der Waals surface area contributed by atoms with E-state index in [1.165, 1.54) is 0 Å². The highest BCUT2D eigenvalue weighted by Crippen LogP contribution is 2.25. The molecular formula is C17H15ClN4O. The molecule has 0 atom stereocenters. The number of carbonyl (C=O) groups is 1. The minimum atomic E-state index is -0.327. The van der Waals surface area contributed by atoms with Gasteiger partial charge in [0.2, 0.25) is 0 Å². The molecule has 5 nitrogen and oxygen atoms in total. The number of carbonyl (C=O) groups excluding carboxylic acids is 1. The first-order valence-electron chi connectivity index (χ1n) is 7.03. The second-order valence-electron chi connectivity index (χ2n) is 5.09. The fourth-order valence-corrected chi connectivity index (χ4v) is 2.55. The van der Waals surface area contributed by atoms with E-state index in [0.717, 1.165) is 16.7 Å². The van der Waals surface area contributed by atoms with E-state index in [9.17, 15) is 4.79 Å². The van der Waals surface area contributed by atoms with Crippen molar-refractivity contribution in [2.24, 2.45) is 5.84 Å². The van der Waals surface area contributed by atoms with Gasteiger partial charge in [0, 0.05) is 41.9 Å². The summed E-state index contributed by atoms with van der Waals surface area (Å²) in [5.74, 6) is 4.97. The summed E-state index contributed by atoms with van der Waals surface area (Å²) in [4.78, 5) is 16.0. The maximum atomic E-state index is 12.0. The van der Waals surface area contributed by atoms with Crippen molar-refractivity contribution in [3.63, 3.8) is 0 Å². The standard InChI is InChI=1S/C17H15ClN4O/c18-14-3-1-12(2-4-14)9-22-10-15(13-5-7-20-8-6-13)16(11-22)17(23)21-19/h1-8,10-11H,9,19H2,(H,21,23). The lowest BCUT2D eigenvalue weighted by Gasteiger charge is -2.03. The van der Waals surface area contributed by atoms with Crippen molar-refractivity contribution in [3.05, 3.63) is 77.3 Å². The van der Waals surface area contributed by atoms with Crippen LogP contribution in [0.5, 0.6) is 0 Å². The van der Waals surface area contributed by atoms with Crippen LogP contribution in [0.25, 0.3) is 11.1 Å². The van der Waals surface area contributed by atoms with Gasteiger partial charge in [-0.3, -0.25) is 15.2 Å². The number of hydrogen-bond donors (Lipinski definition) is 2. The maximum absolute atomic E-state index is 12.0. The zero-order chi connectivity index (χ0) is 16.2. The summed E-state index contributed by atoms with van der Waals surface area (Å²) in [5, 5.41) is 0.696. The number of aromatic nitrogens is 2. The summed E-state index contributed by atoms with van der Waals surface area (Å²) in [6.07, 6.45) is 7.09. The summed E-state index contributed by atoms with van der Waals surface area (Å²) >= 11 is 5.90. The molecule has 0 aliphatic rings. The van der Waals surface area contributed by atoms with Crippen LogP contribution in [0, 0.1) is 0 Å². The summed E-state index contributed by atoms with van der Waals surface area (Å²) in [7, 11) is 0. The Morgan fingerprint density at radius 1 is 1.13 bits per heavy atom. The normalized spacial score (nSPS) is 10.5. The zero-order valence-electron chi connectivity index (χ0n) is 12.2. The van der Waals surface area contributed by atoms with Crippen LogP contribution in [0.3, 0.4) is 0 Å². The van der Waals surface area contributed by atoms with Crippen LogP contribution in [-0.2, 0) is 6.54 Å². The Hall–Kier alpha value is -2.63. The second-order valence-corrected chi connectivity index (χ2v) is 5.53. The van der Waals surface area contributed by atoms with Gasteiger partial charge in [-0.2, -0.15) is 0 Å². The minimum Gasteiger partial charge on any atom is -0.348 e. The van der Waals surface area contributed by atoms with Crippen molar-refractivity contribution in [1.82, 2.24) is 15.0 Å². The lowest BCUT2D eigenvalue weighted by atomic mass is 10.1. The number of hydrazine groups is 1. The smallest absolute Gasteiger partial charge is 0.267 e. The van der Waals surface area contributed by atoms with Gasteiger partial charge < -0.3 is 4.57 Å². The number of nitrogen functional groups attached to an aromatic ring is 1. The van der Waals surface area contributed by atoms with E-state index in [-0.39, 0.29) is 5.91 Å². The SMILES string of the molecule is NNC(=O)c1cn(Cc2ccc(Cl)cc2)cc1-c1ccncc1. The Morgan fingerprint density at radius 3 is 2.48 bits per heavy atom. The Morgan fingerprint density at radius 2 is 1.83 bits per heavy atom. The van der Waals surface area contributed by atoms with Crippen molar-refractivity contribution < 1.29 is 4.79 Å². The number of amides is 1. The average Bonchev–Trinajstić information content (AvgIpc) is 3.01. The van der Waals surface area contributed by atoms with Gasteiger partial charge in [0.05, 0.1) is 5.56 Å². The first-order valence-corrected chi connectivity index (χ1v) is 7.41. The van der Waals surface area contributed by atoms with Crippen molar-refractivity contribution in [3.8, 4) is 11.1 Å². The van der Waals surface area contributed by atoms with Crippen LogP contribution in [-0.4, -0.2) is 15.5 Å². The van der Waals surface area contributed by atoms with Crippen LogP contribution in [0.15, 0.2) is 61.2 Å². The molecule has 3 rings (SSSR count). The molecule has 2 aromatic heterocycles. The Labute approximate surface area is 138 Å². The highest BCUT2D eigenvalue weighted by atomic mass is 35.5. The molecule has 0 fully saturated rings. The van der Waals surface area contributed by atoms with Gasteiger partial charge in [0.1, 0.15) is 0 Å². The predicted molar refractivity (Wildman–Crippen MR) is 89.9 cm³/mol. The molecule has 3 aromatic rings. The Bertz CT molecular complexity index is 812. The number of hydrogen-bond acceptors (Lipinski definition) is 3. The quantitative estimate of drug-likeness (QED) is 0.440. The molecular weight excluding hydrogens is 312 g/mol. The van der Waals surface area contributed by atoms with Crippen molar-refractivity contribution in [2.45, 2.75) is 6.54 Å². The molecule has 6 heteroatoms. The predicted octanol–water partition coefficient (Wildman–Crippen LogP) is 2.86. The zero-order valence-corrected chi connectivity index (χ0v) is 13.0. The molecule has 0 bridgehead atoms. The van der Waals surface area contributed by atoms with Crippen LogP contribution in [0.4, 0.5) is 0 Å². The number of nitrogens with two attached hydrogens (primary N) is 1. The van der Waals surface area contributed by atoms with Gasteiger partial charge in [0.25, 0.3) is 5.91 Å². The molecule has 1 aromatic carbocycles. The topological polar surface area (TPSA) is 72.9 Å². The summed E-state index contributed by atoms with van der Waals surface area (Å²) < 4.78 is 1.95. The molecule has 0 aliphatic carbocycles. The molecule has 3 N–H and O–H groups in total. The summed E-state index contributed by atoms with van der Waals surface area (Å²) in [6, 6.07) is 11.3. The van der Waals surface area contributed by atoms with E-state index in [1.54, 1.807) is 18.6 Å². The van der Waals surface area contributed by atoms with Crippen molar-refractivity contribution in [1.29, 1.82) is 0 Å². The van der Waals surface area contributed by atoms with E-state index >= 15 is 0 Å². The molecule has 0 saturated heterocycles. The van der Waals surface area contributed by atoms with Gasteiger partial charge in [-0.05, 0) is 35.4 Å². The Balaban J connectivity index is 1.97. The number of nitrogens with one attached hydrogen (secondary N) is 1. The molecule has 0 radical (unpaired) electrons. The van der Waals surface area contributed by atoms with Gasteiger partial charge in [0.15, 0.2) is 0 Å². The largest absolute Gasteiger partial charge is 0.348 e. The number of benzene rings is 1. The monoisotopic (exact) mass is 326 g/mol. The summed E-state index contributed by atoms with van der Waals surface area (Å²) in [5.41, 5.74) is 5.52. The van der Waals surface area contributed by atoms with Crippen LogP contribution >= 0.6 is 11.6 Å². The fraction of sp³-hybridized carbons (Fsp3) is 0.0588. The molecule has 2 heterocycles. The second kappa shape index (κ2) is 6.64. The molecule has 0 spiro atoms. The van der Waals surface area contributed by atoms with E-state index in [4.69, 9.17) is 17.4 Å².